The minimum absolute atomic E-state index is 0.0981. The predicted octanol–water partition coefficient (Wildman–Crippen LogP) is 4.79. The van der Waals surface area contributed by atoms with Gasteiger partial charge in [-0.3, -0.25) is 9.59 Å². The number of aryl methyl sites for hydroxylation is 1. The molecule has 9 nitrogen and oxygen atoms in total. The average Bonchev–Trinajstić information content (AvgIpc) is 3.13. The Kier molecular flexibility index (Phi) is 8.96. The molecular formula is C30H34N4O5. The maximum absolute atomic E-state index is 14.2. The van der Waals surface area contributed by atoms with E-state index in [0.29, 0.717) is 35.8 Å². The van der Waals surface area contributed by atoms with Crippen LogP contribution in [-0.4, -0.2) is 43.9 Å². The number of rotatable bonds is 11. The number of hydrogen-bond acceptors (Lipinski definition) is 5. The van der Waals surface area contributed by atoms with Crippen LogP contribution in [0.1, 0.15) is 31.4 Å². The molecule has 4 amide bonds. The Morgan fingerprint density at radius 3 is 2.13 bits per heavy atom. The third kappa shape index (κ3) is 6.45. The number of carbonyl (C=O) groups excluding carboxylic acids is 3. The van der Waals surface area contributed by atoms with Crippen molar-refractivity contribution >= 4 is 34.9 Å². The van der Waals surface area contributed by atoms with Crippen molar-refractivity contribution in [1.29, 1.82) is 0 Å². The molecule has 0 saturated heterocycles. The molecule has 1 aliphatic heterocycles. The lowest BCUT2D eigenvalue weighted by Gasteiger charge is -2.30. The standard InChI is InChI=1S/C30H34N4O5/c1-4-38-27(39-5-2)20-34-25-14-10-9-13-24(25)30(28(34)36,19-26(35)31-22-11-7-6-8-12-22)33-29(37)32-23-17-15-21(3)16-18-23/h6-18,27H,4-5,19-20H2,1-3H3,(H,31,35)(H2,32,33,37)/t30-/m0/s1. The normalized spacial score (nSPS) is 16.2. The lowest BCUT2D eigenvalue weighted by atomic mass is 9.87. The molecule has 4 rings (SSSR count). The van der Waals surface area contributed by atoms with Crippen LogP contribution in [0.15, 0.2) is 78.9 Å². The summed E-state index contributed by atoms with van der Waals surface area (Å²) in [5.41, 5.74) is 1.63. The largest absolute Gasteiger partial charge is 0.351 e. The summed E-state index contributed by atoms with van der Waals surface area (Å²) in [6.07, 6.45) is -0.990. The molecule has 1 atom stereocenters. The van der Waals surface area contributed by atoms with Crippen LogP contribution in [0.4, 0.5) is 21.9 Å². The van der Waals surface area contributed by atoms with Crippen molar-refractivity contribution in [3.05, 3.63) is 90.0 Å². The molecule has 0 bridgehead atoms. The fraction of sp³-hybridized carbons (Fsp3) is 0.300. The van der Waals surface area contributed by atoms with E-state index in [1.165, 1.54) is 4.90 Å². The zero-order valence-electron chi connectivity index (χ0n) is 22.4. The van der Waals surface area contributed by atoms with E-state index in [0.717, 1.165) is 5.56 Å². The molecular weight excluding hydrogens is 496 g/mol. The van der Waals surface area contributed by atoms with Gasteiger partial charge in [0.1, 0.15) is 0 Å². The summed E-state index contributed by atoms with van der Waals surface area (Å²) >= 11 is 0. The van der Waals surface area contributed by atoms with Crippen molar-refractivity contribution in [3.63, 3.8) is 0 Å². The Morgan fingerprint density at radius 1 is 0.846 bits per heavy atom. The quantitative estimate of drug-likeness (QED) is 0.309. The minimum Gasteiger partial charge on any atom is -0.351 e. The summed E-state index contributed by atoms with van der Waals surface area (Å²) in [7, 11) is 0. The maximum Gasteiger partial charge on any atom is 0.320 e. The second kappa shape index (κ2) is 12.6. The van der Waals surface area contributed by atoms with Gasteiger partial charge in [-0.25, -0.2) is 4.79 Å². The zero-order valence-corrected chi connectivity index (χ0v) is 22.4. The Bertz CT molecular complexity index is 1290. The van der Waals surface area contributed by atoms with Gasteiger partial charge in [-0.2, -0.15) is 0 Å². The van der Waals surface area contributed by atoms with Gasteiger partial charge in [-0.15, -0.1) is 0 Å². The van der Waals surface area contributed by atoms with Crippen LogP contribution in [0.5, 0.6) is 0 Å². The van der Waals surface area contributed by atoms with E-state index in [2.05, 4.69) is 16.0 Å². The van der Waals surface area contributed by atoms with E-state index in [1.54, 1.807) is 54.6 Å². The van der Waals surface area contributed by atoms with Crippen molar-refractivity contribution in [1.82, 2.24) is 5.32 Å². The summed E-state index contributed by atoms with van der Waals surface area (Å²) in [5, 5.41) is 8.49. The van der Waals surface area contributed by atoms with E-state index in [1.807, 2.05) is 45.0 Å². The van der Waals surface area contributed by atoms with Crippen molar-refractivity contribution in [2.75, 3.05) is 35.3 Å². The number of para-hydroxylation sites is 2. The molecule has 3 aromatic carbocycles. The van der Waals surface area contributed by atoms with E-state index in [9.17, 15) is 14.4 Å². The summed E-state index contributed by atoms with van der Waals surface area (Å²) in [6.45, 7) is 6.54. The summed E-state index contributed by atoms with van der Waals surface area (Å²) < 4.78 is 11.4. The number of nitrogens with one attached hydrogen (secondary N) is 3. The van der Waals surface area contributed by atoms with Crippen LogP contribution in [0.25, 0.3) is 0 Å². The molecule has 0 unspecified atom stereocenters. The monoisotopic (exact) mass is 530 g/mol. The van der Waals surface area contributed by atoms with Gasteiger partial charge in [-0.1, -0.05) is 54.1 Å². The van der Waals surface area contributed by atoms with E-state index >= 15 is 0 Å². The highest BCUT2D eigenvalue weighted by atomic mass is 16.7. The van der Waals surface area contributed by atoms with E-state index < -0.39 is 29.7 Å². The van der Waals surface area contributed by atoms with Crippen LogP contribution < -0.4 is 20.9 Å². The molecule has 0 spiro atoms. The number of nitrogens with zero attached hydrogens (tertiary/aromatic N) is 1. The molecule has 0 saturated carbocycles. The first-order chi connectivity index (χ1) is 18.9. The summed E-state index contributed by atoms with van der Waals surface area (Å²) in [6, 6.07) is 22.8. The van der Waals surface area contributed by atoms with Crippen LogP contribution in [-0.2, 0) is 24.6 Å². The molecule has 9 heteroatoms. The molecule has 0 fully saturated rings. The van der Waals surface area contributed by atoms with Crippen LogP contribution in [0, 0.1) is 6.92 Å². The highest BCUT2D eigenvalue weighted by Crippen LogP contribution is 2.43. The molecule has 1 heterocycles. The Hall–Kier alpha value is -4.21. The van der Waals surface area contributed by atoms with Crippen LogP contribution in [0.3, 0.4) is 0 Å². The molecule has 3 aromatic rings. The Labute approximate surface area is 228 Å². The summed E-state index contributed by atoms with van der Waals surface area (Å²) in [4.78, 5) is 42.4. The number of ether oxygens (including phenoxy) is 2. The van der Waals surface area contributed by atoms with Gasteiger partial charge in [-0.05, 0) is 51.1 Å². The molecule has 39 heavy (non-hydrogen) atoms. The van der Waals surface area contributed by atoms with Crippen molar-refractivity contribution < 1.29 is 23.9 Å². The molecule has 1 aliphatic rings. The van der Waals surface area contributed by atoms with Crippen molar-refractivity contribution in [3.8, 4) is 0 Å². The van der Waals surface area contributed by atoms with Crippen molar-refractivity contribution in [2.24, 2.45) is 0 Å². The topological polar surface area (TPSA) is 109 Å². The smallest absolute Gasteiger partial charge is 0.320 e. The first kappa shape index (κ1) is 27.8. The van der Waals surface area contributed by atoms with Gasteiger partial charge >= 0.3 is 6.03 Å². The zero-order chi connectivity index (χ0) is 27.8. The third-order valence-electron chi connectivity index (χ3n) is 6.42. The Balaban J connectivity index is 1.69. The van der Waals surface area contributed by atoms with Crippen molar-refractivity contribution in [2.45, 2.75) is 39.0 Å². The fourth-order valence-corrected chi connectivity index (χ4v) is 4.68. The van der Waals surface area contributed by atoms with Gasteiger partial charge in [0.2, 0.25) is 5.91 Å². The lowest BCUT2D eigenvalue weighted by molar-refractivity contribution is -0.138. The molecule has 0 radical (unpaired) electrons. The van der Waals surface area contributed by atoms with E-state index in [4.69, 9.17) is 9.47 Å². The number of carbonyl (C=O) groups is 3. The SMILES string of the molecule is CCOC(CN1C(=O)[C@@](CC(=O)Nc2ccccc2)(NC(=O)Nc2ccc(C)cc2)c2ccccc21)OCC. The highest BCUT2D eigenvalue weighted by molar-refractivity contribution is 6.12. The third-order valence-corrected chi connectivity index (χ3v) is 6.42. The summed E-state index contributed by atoms with van der Waals surface area (Å²) in [5.74, 6) is -0.872. The van der Waals surface area contributed by atoms with Gasteiger partial charge in [0.25, 0.3) is 5.91 Å². The fourth-order valence-electron chi connectivity index (χ4n) is 4.68. The minimum atomic E-state index is -1.66. The molecule has 204 valence electrons. The van der Waals surface area contributed by atoms with Gasteiger partial charge in [0, 0.05) is 30.2 Å². The van der Waals surface area contributed by atoms with E-state index in [-0.39, 0.29) is 13.0 Å². The second-order valence-corrected chi connectivity index (χ2v) is 9.21. The number of amides is 4. The molecule has 0 aliphatic carbocycles. The number of fused-ring (bicyclic) bond motifs is 1. The predicted molar refractivity (Wildman–Crippen MR) is 151 cm³/mol. The average molecular weight is 531 g/mol. The first-order valence-corrected chi connectivity index (χ1v) is 13.0. The number of benzene rings is 3. The highest BCUT2D eigenvalue weighted by Gasteiger charge is 2.53. The Morgan fingerprint density at radius 2 is 1.46 bits per heavy atom. The van der Waals surface area contributed by atoms with Crippen LogP contribution >= 0.6 is 0 Å². The van der Waals surface area contributed by atoms with Crippen LogP contribution in [0.2, 0.25) is 0 Å². The number of anilines is 3. The number of urea groups is 1. The second-order valence-electron chi connectivity index (χ2n) is 9.21. The number of hydrogen-bond donors (Lipinski definition) is 3. The molecule has 3 N–H and O–H groups in total. The lowest BCUT2D eigenvalue weighted by Crippen LogP contribution is -2.56. The first-order valence-electron chi connectivity index (χ1n) is 13.0. The molecule has 0 aromatic heterocycles. The van der Waals surface area contributed by atoms with Gasteiger partial charge < -0.3 is 30.3 Å². The maximum atomic E-state index is 14.2. The van der Waals surface area contributed by atoms with Gasteiger partial charge in [0.15, 0.2) is 11.8 Å². The van der Waals surface area contributed by atoms with Gasteiger partial charge in [0.05, 0.1) is 18.7 Å².